The monoisotopic (exact) mass is 414 g/mol. The fourth-order valence-corrected chi connectivity index (χ4v) is 7.17. The lowest BCUT2D eigenvalue weighted by molar-refractivity contribution is 0.371. The molecule has 31 heavy (non-hydrogen) atoms. The molecule has 0 spiro atoms. The van der Waals surface area contributed by atoms with E-state index in [0.29, 0.717) is 23.7 Å². The number of benzene rings is 3. The molecule has 0 nitrogen and oxygen atoms in total. The summed E-state index contributed by atoms with van der Waals surface area (Å²) in [5, 5.41) is 2.74. The molecule has 1 aromatic heterocycles. The Balaban J connectivity index is 1.42. The summed E-state index contributed by atoms with van der Waals surface area (Å²) in [4.78, 5) is 0. The van der Waals surface area contributed by atoms with E-state index in [1.165, 1.54) is 42.4 Å². The van der Waals surface area contributed by atoms with Crippen molar-refractivity contribution in [2.75, 3.05) is 0 Å². The van der Waals surface area contributed by atoms with Gasteiger partial charge in [0.1, 0.15) is 0 Å². The zero-order valence-corrected chi connectivity index (χ0v) is 17.9. The normalized spacial score (nSPS) is 25.9. The van der Waals surface area contributed by atoms with E-state index in [1.807, 2.05) is 11.3 Å². The topological polar surface area (TPSA) is 0 Å². The Bertz CT molecular complexity index is 1460. The first-order valence-electron chi connectivity index (χ1n) is 11.1. The van der Waals surface area contributed by atoms with Crippen LogP contribution in [-0.2, 0) is 0 Å². The fraction of sp³-hybridized carbons (Fsp3) is 0.133. The van der Waals surface area contributed by atoms with E-state index < -0.39 is 0 Å². The Kier molecular flexibility index (Phi) is 3.77. The molecule has 0 amide bonds. The van der Waals surface area contributed by atoms with Crippen LogP contribution in [0.15, 0.2) is 109 Å². The molecule has 148 valence electrons. The van der Waals surface area contributed by atoms with Crippen molar-refractivity contribution < 1.29 is 0 Å². The summed E-state index contributed by atoms with van der Waals surface area (Å²) in [6.45, 7) is 0. The molecule has 1 heterocycles. The van der Waals surface area contributed by atoms with E-state index >= 15 is 0 Å². The maximum Gasteiger partial charge on any atom is 0.0433 e. The summed E-state index contributed by atoms with van der Waals surface area (Å²) < 4.78 is 2.77. The number of rotatable bonds is 1. The van der Waals surface area contributed by atoms with Gasteiger partial charge in [-0.1, -0.05) is 103 Å². The summed E-state index contributed by atoms with van der Waals surface area (Å²) >= 11 is 1.92. The second-order valence-electron chi connectivity index (χ2n) is 8.87. The molecule has 4 unspecified atom stereocenters. The van der Waals surface area contributed by atoms with Crippen molar-refractivity contribution in [2.45, 2.75) is 11.8 Å². The van der Waals surface area contributed by atoms with Crippen molar-refractivity contribution in [1.29, 1.82) is 0 Å². The minimum atomic E-state index is 0.429. The molecule has 0 radical (unpaired) electrons. The van der Waals surface area contributed by atoms with Gasteiger partial charge in [-0.3, -0.25) is 0 Å². The SMILES string of the molecule is C1=CC2c3ccccc3C3C=C(c4cccc5c4sc4ccccc45)C=CC3C2C=C1. The van der Waals surface area contributed by atoms with Gasteiger partial charge in [-0.25, -0.2) is 0 Å². The first kappa shape index (κ1) is 17.5. The average molecular weight is 415 g/mol. The van der Waals surface area contributed by atoms with Crippen LogP contribution in [0.3, 0.4) is 0 Å². The van der Waals surface area contributed by atoms with Crippen molar-refractivity contribution in [1.82, 2.24) is 0 Å². The molecule has 0 aliphatic heterocycles. The summed E-state index contributed by atoms with van der Waals surface area (Å²) in [6.07, 6.45) is 16.7. The van der Waals surface area contributed by atoms with Crippen LogP contribution in [0.5, 0.6) is 0 Å². The minimum absolute atomic E-state index is 0.429. The van der Waals surface area contributed by atoms with Crippen LogP contribution in [0.4, 0.5) is 0 Å². The molecule has 3 aliphatic rings. The van der Waals surface area contributed by atoms with Crippen LogP contribution in [0, 0.1) is 11.8 Å². The van der Waals surface area contributed by atoms with E-state index in [9.17, 15) is 0 Å². The molecular weight excluding hydrogens is 392 g/mol. The predicted molar refractivity (Wildman–Crippen MR) is 134 cm³/mol. The van der Waals surface area contributed by atoms with Gasteiger partial charge in [0.25, 0.3) is 0 Å². The third-order valence-electron chi connectivity index (χ3n) is 7.32. The lowest BCUT2D eigenvalue weighted by Gasteiger charge is -2.43. The Morgan fingerprint density at radius 2 is 1.35 bits per heavy atom. The van der Waals surface area contributed by atoms with Crippen LogP contribution >= 0.6 is 11.3 Å². The Morgan fingerprint density at radius 3 is 2.29 bits per heavy atom. The standard InChI is InChI=1S/C30H22S/c1-2-10-23-21(8-1)22-9-3-4-11-24(22)28-18-19(16-17-25(23)28)20-13-7-14-27-26-12-5-6-15-29(26)31-30(20)27/h1-18,21,23,25,28H. The highest BCUT2D eigenvalue weighted by Gasteiger charge is 2.40. The number of hydrogen-bond donors (Lipinski definition) is 0. The molecule has 0 fully saturated rings. The maximum atomic E-state index is 2.55. The van der Waals surface area contributed by atoms with Crippen molar-refractivity contribution >= 4 is 37.1 Å². The highest BCUT2D eigenvalue weighted by atomic mass is 32.1. The lowest BCUT2D eigenvalue weighted by atomic mass is 9.61. The molecule has 3 aliphatic carbocycles. The number of allylic oxidation sites excluding steroid dienone is 8. The molecule has 4 aromatic rings. The van der Waals surface area contributed by atoms with Crippen LogP contribution in [0.1, 0.15) is 28.5 Å². The van der Waals surface area contributed by atoms with Gasteiger partial charge >= 0.3 is 0 Å². The van der Waals surface area contributed by atoms with E-state index in [4.69, 9.17) is 0 Å². The smallest absolute Gasteiger partial charge is 0.0433 e. The van der Waals surface area contributed by atoms with E-state index in [1.54, 1.807) is 0 Å². The van der Waals surface area contributed by atoms with Gasteiger partial charge in [0.15, 0.2) is 0 Å². The van der Waals surface area contributed by atoms with Gasteiger partial charge in [-0.2, -0.15) is 0 Å². The van der Waals surface area contributed by atoms with Crippen molar-refractivity contribution in [3.63, 3.8) is 0 Å². The molecule has 4 atom stereocenters. The molecular formula is C30H22S. The van der Waals surface area contributed by atoms with Crippen LogP contribution < -0.4 is 0 Å². The van der Waals surface area contributed by atoms with Gasteiger partial charge in [-0.05, 0) is 40.2 Å². The molecule has 1 heteroatoms. The Hall–Kier alpha value is -3.16. The van der Waals surface area contributed by atoms with Crippen LogP contribution in [0.25, 0.3) is 25.7 Å². The predicted octanol–water partition coefficient (Wildman–Crippen LogP) is 8.25. The van der Waals surface area contributed by atoms with E-state index in [-0.39, 0.29) is 0 Å². The van der Waals surface area contributed by atoms with Gasteiger partial charge in [0.2, 0.25) is 0 Å². The minimum Gasteiger partial charge on any atom is -0.135 e. The average Bonchev–Trinajstić information content (AvgIpc) is 3.23. The number of fused-ring (bicyclic) bond motifs is 9. The third-order valence-corrected chi connectivity index (χ3v) is 8.54. The zero-order valence-electron chi connectivity index (χ0n) is 17.1. The van der Waals surface area contributed by atoms with Gasteiger partial charge in [0, 0.05) is 32.0 Å². The largest absolute Gasteiger partial charge is 0.135 e. The molecule has 0 bridgehead atoms. The van der Waals surface area contributed by atoms with Crippen molar-refractivity contribution in [3.8, 4) is 0 Å². The highest BCUT2D eigenvalue weighted by molar-refractivity contribution is 7.26. The maximum absolute atomic E-state index is 2.55. The highest BCUT2D eigenvalue weighted by Crippen LogP contribution is 2.52. The fourth-order valence-electron chi connectivity index (χ4n) is 5.93. The van der Waals surface area contributed by atoms with Crippen LogP contribution in [0.2, 0.25) is 0 Å². The molecule has 0 N–H and O–H groups in total. The van der Waals surface area contributed by atoms with Gasteiger partial charge in [-0.15, -0.1) is 11.3 Å². The summed E-state index contributed by atoms with van der Waals surface area (Å²) in [6, 6.07) is 24.7. The van der Waals surface area contributed by atoms with E-state index in [2.05, 4.69) is 109 Å². The van der Waals surface area contributed by atoms with Crippen molar-refractivity contribution in [3.05, 3.63) is 126 Å². The summed E-state index contributed by atoms with van der Waals surface area (Å²) in [5.74, 6) is 1.98. The number of thiophene rings is 1. The third kappa shape index (κ3) is 2.53. The van der Waals surface area contributed by atoms with E-state index in [0.717, 1.165) is 0 Å². The second-order valence-corrected chi connectivity index (χ2v) is 9.92. The first-order chi connectivity index (χ1) is 15.4. The Labute approximate surface area is 186 Å². The zero-order chi connectivity index (χ0) is 20.4. The quantitative estimate of drug-likeness (QED) is 0.294. The Morgan fingerprint density at radius 1 is 0.613 bits per heavy atom. The molecule has 0 saturated carbocycles. The summed E-state index contributed by atoms with van der Waals surface area (Å²) in [5.41, 5.74) is 5.73. The molecule has 0 saturated heterocycles. The first-order valence-corrected chi connectivity index (χ1v) is 11.9. The lowest BCUT2D eigenvalue weighted by Crippen LogP contribution is -2.31. The van der Waals surface area contributed by atoms with Crippen molar-refractivity contribution in [2.24, 2.45) is 11.8 Å². The second kappa shape index (κ2) is 6.67. The molecule has 3 aromatic carbocycles. The van der Waals surface area contributed by atoms with Gasteiger partial charge < -0.3 is 0 Å². The van der Waals surface area contributed by atoms with Gasteiger partial charge in [0.05, 0.1) is 0 Å². The number of hydrogen-bond acceptors (Lipinski definition) is 1. The molecule has 7 rings (SSSR count). The summed E-state index contributed by atoms with van der Waals surface area (Å²) in [7, 11) is 0. The van der Waals surface area contributed by atoms with Crippen LogP contribution in [-0.4, -0.2) is 0 Å².